The number of nitrogens with zero attached hydrogens (tertiary/aromatic N) is 2. The molecule has 1 saturated carbocycles. The standard InChI is InChI=1S/C13H15N3O2/c17-13(18)9-4-5-12-15-7-11(16(12)8-9)6-14-10-2-1-3-10/h4-5,7-8,10,14H,1-3,6H2,(H,17,18). The lowest BCUT2D eigenvalue weighted by Crippen LogP contribution is -2.34. The Bertz CT molecular complexity index is 587. The van der Waals surface area contributed by atoms with Crippen molar-refractivity contribution in [3.8, 4) is 0 Å². The molecule has 1 aliphatic carbocycles. The van der Waals surface area contributed by atoms with E-state index in [0.717, 1.165) is 17.9 Å². The van der Waals surface area contributed by atoms with Gasteiger partial charge < -0.3 is 14.8 Å². The van der Waals surface area contributed by atoms with Gasteiger partial charge in [0.25, 0.3) is 0 Å². The molecule has 0 amide bonds. The number of pyridine rings is 1. The zero-order valence-electron chi connectivity index (χ0n) is 9.97. The van der Waals surface area contributed by atoms with Crippen LogP contribution >= 0.6 is 0 Å². The number of carbonyl (C=O) groups is 1. The number of carboxylic acids is 1. The smallest absolute Gasteiger partial charge is 0.337 e. The molecule has 0 aliphatic heterocycles. The minimum absolute atomic E-state index is 0.283. The quantitative estimate of drug-likeness (QED) is 0.860. The zero-order valence-corrected chi connectivity index (χ0v) is 9.97. The third kappa shape index (κ3) is 1.97. The second-order valence-corrected chi connectivity index (χ2v) is 4.71. The lowest BCUT2D eigenvalue weighted by Gasteiger charge is -2.26. The molecule has 0 saturated heterocycles. The highest BCUT2D eigenvalue weighted by Gasteiger charge is 2.17. The Morgan fingerprint density at radius 3 is 3.00 bits per heavy atom. The van der Waals surface area contributed by atoms with Crippen LogP contribution in [0, 0.1) is 0 Å². The van der Waals surface area contributed by atoms with Gasteiger partial charge in [-0.3, -0.25) is 0 Å². The van der Waals surface area contributed by atoms with Crippen LogP contribution in [0.3, 0.4) is 0 Å². The van der Waals surface area contributed by atoms with Crippen molar-refractivity contribution in [2.24, 2.45) is 0 Å². The summed E-state index contributed by atoms with van der Waals surface area (Å²) < 4.78 is 1.84. The highest BCUT2D eigenvalue weighted by Crippen LogP contribution is 2.18. The first-order valence-corrected chi connectivity index (χ1v) is 6.17. The van der Waals surface area contributed by atoms with Crippen LogP contribution in [0.25, 0.3) is 5.65 Å². The average Bonchev–Trinajstić information content (AvgIpc) is 2.69. The van der Waals surface area contributed by atoms with Crippen LogP contribution in [-0.4, -0.2) is 26.5 Å². The van der Waals surface area contributed by atoms with Gasteiger partial charge in [0, 0.05) is 18.8 Å². The van der Waals surface area contributed by atoms with Crippen molar-refractivity contribution in [1.29, 1.82) is 0 Å². The lowest BCUT2D eigenvalue weighted by atomic mass is 9.93. The summed E-state index contributed by atoms with van der Waals surface area (Å²) in [5.41, 5.74) is 2.07. The van der Waals surface area contributed by atoms with Gasteiger partial charge in [0.15, 0.2) is 0 Å². The molecule has 0 atom stereocenters. The minimum atomic E-state index is -0.913. The maximum atomic E-state index is 10.9. The van der Waals surface area contributed by atoms with Gasteiger partial charge in [-0.25, -0.2) is 9.78 Å². The summed E-state index contributed by atoms with van der Waals surface area (Å²) in [5.74, 6) is -0.913. The summed E-state index contributed by atoms with van der Waals surface area (Å²) in [6.07, 6.45) is 7.19. The van der Waals surface area contributed by atoms with Crippen LogP contribution < -0.4 is 5.32 Å². The highest BCUT2D eigenvalue weighted by molar-refractivity contribution is 5.87. The first-order chi connectivity index (χ1) is 8.74. The van der Waals surface area contributed by atoms with E-state index in [1.165, 1.54) is 19.3 Å². The van der Waals surface area contributed by atoms with E-state index in [1.54, 1.807) is 24.5 Å². The summed E-state index contributed by atoms with van der Waals surface area (Å²) in [5, 5.41) is 12.4. The third-order valence-corrected chi connectivity index (χ3v) is 3.51. The van der Waals surface area contributed by atoms with Crippen molar-refractivity contribution >= 4 is 11.6 Å². The summed E-state index contributed by atoms with van der Waals surface area (Å²) in [4.78, 5) is 15.2. The van der Waals surface area contributed by atoms with E-state index in [9.17, 15) is 4.79 Å². The molecule has 0 aromatic carbocycles. The molecular weight excluding hydrogens is 230 g/mol. The van der Waals surface area contributed by atoms with Gasteiger partial charge in [-0.2, -0.15) is 0 Å². The van der Waals surface area contributed by atoms with Crippen molar-refractivity contribution in [2.75, 3.05) is 0 Å². The minimum Gasteiger partial charge on any atom is -0.478 e. The molecule has 2 heterocycles. The molecule has 2 N–H and O–H groups in total. The molecule has 0 unspecified atom stereocenters. The fraction of sp³-hybridized carbons (Fsp3) is 0.385. The largest absolute Gasteiger partial charge is 0.478 e. The van der Waals surface area contributed by atoms with Crippen LogP contribution in [0.4, 0.5) is 0 Å². The monoisotopic (exact) mass is 245 g/mol. The maximum absolute atomic E-state index is 10.9. The lowest BCUT2D eigenvalue weighted by molar-refractivity contribution is 0.0696. The van der Waals surface area contributed by atoms with Gasteiger partial charge in [0.05, 0.1) is 17.5 Å². The van der Waals surface area contributed by atoms with E-state index < -0.39 is 5.97 Å². The van der Waals surface area contributed by atoms with Crippen LogP contribution in [0.1, 0.15) is 35.3 Å². The fourth-order valence-electron chi connectivity index (χ4n) is 2.15. The van der Waals surface area contributed by atoms with Crippen LogP contribution in [-0.2, 0) is 6.54 Å². The fourth-order valence-corrected chi connectivity index (χ4v) is 2.15. The number of hydrogen-bond acceptors (Lipinski definition) is 3. The van der Waals surface area contributed by atoms with Crippen LogP contribution in [0.15, 0.2) is 24.5 Å². The predicted octanol–water partition coefficient (Wildman–Crippen LogP) is 1.67. The van der Waals surface area contributed by atoms with E-state index in [-0.39, 0.29) is 5.56 Å². The molecule has 2 aromatic rings. The Morgan fingerprint density at radius 1 is 1.50 bits per heavy atom. The first kappa shape index (κ1) is 11.2. The van der Waals surface area contributed by atoms with Gasteiger partial charge in [0.1, 0.15) is 5.65 Å². The second kappa shape index (κ2) is 4.42. The molecule has 18 heavy (non-hydrogen) atoms. The molecule has 2 aromatic heterocycles. The number of imidazole rings is 1. The highest BCUT2D eigenvalue weighted by atomic mass is 16.4. The molecule has 1 aliphatic rings. The molecule has 0 spiro atoms. The van der Waals surface area contributed by atoms with E-state index in [0.29, 0.717) is 6.04 Å². The van der Waals surface area contributed by atoms with Crippen LogP contribution in [0.2, 0.25) is 0 Å². The molecule has 0 radical (unpaired) electrons. The van der Waals surface area contributed by atoms with Crippen molar-refractivity contribution in [3.63, 3.8) is 0 Å². The molecule has 94 valence electrons. The van der Waals surface area contributed by atoms with Gasteiger partial charge in [-0.1, -0.05) is 6.42 Å². The topological polar surface area (TPSA) is 66.6 Å². The Labute approximate surface area is 104 Å². The van der Waals surface area contributed by atoms with Crippen molar-refractivity contribution in [1.82, 2.24) is 14.7 Å². The van der Waals surface area contributed by atoms with Crippen molar-refractivity contribution < 1.29 is 9.90 Å². The number of hydrogen-bond donors (Lipinski definition) is 2. The average molecular weight is 245 g/mol. The maximum Gasteiger partial charge on any atom is 0.337 e. The molecular formula is C13H15N3O2. The van der Waals surface area contributed by atoms with Crippen LogP contribution in [0.5, 0.6) is 0 Å². The number of fused-ring (bicyclic) bond motifs is 1. The predicted molar refractivity (Wildman–Crippen MR) is 66.6 cm³/mol. The normalized spacial score (nSPS) is 15.8. The number of aromatic nitrogens is 2. The van der Waals surface area contributed by atoms with Gasteiger partial charge in [-0.05, 0) is 25.0 Å². The van der Waals surface area contributed by atoms with E-state index in [1.807, 2.05) is 4.40 Å². The zero-order chi connectivity index (χ0) is 12.5. The molecule has 3 rings (SSSR count). The Kier molecular flexibility index (Phi) is 2.76. The number of aromatic carboxylic acids is 1. The molecule has 5 nitrogen and oxygen atoms in total. The molecule has 5 heteroatoms. The number of rotatable bonds is 4. The van der Waals surface area contributed by atoms with E-state index in [4.69, 9.17) is 5.11 Å². The number of nitrogens with one attached hydrogen (secondary N) is 1. The molecule has 1 fully saturated rings. The van der Waals surface area contributed by atoms with Crippen molar-refractivity contribution in [3.05, 3.63) is 35.8 Å². The number of carboxylic acid groups (broad SMARTS) is 1. The summed E-state index contributed by atoms with van der Waals surface area (Å²) in [6, 6.07) is 3.92. The van der Waals surface area contributed by atoms with Crippen molar-refractivity contribution in [2.45, 2.75) is 31.8 Å². The second-order valence-electron chi connectivity index (χ2n) is 4.71. The molecule has 0 bridgehead atoms. The summed E-state index contributed by atoms with van der Waals surface area (Å²) in [6.45, 7) is 0.731. The van der Waals surface area contributed by atoms with E-state index >= 15 is 0 Å². The van der Waals surface area contributed by atoms with Gasteiger partial charge in [-0.15, -0.1) is 0 Å². The van der Waals surface area contributed by atoms with Gasteiger partial charge in [0.2, 0.25) is 0 Å². The Balaban J connectivity index is 1.86. The summed E-state index contributed by atoms with van der Waals surface area (Å²) in [7, 11) is 0. The summed E-state index contributed by atoms with van der Waals surface area (Å²) >= 11 is 0. The van der Waals surface area contributed by atoms with E-state index in [2.05, 4.69) is 10.3 Å². The Hall–Kier alpha value is -1.88. The Morgan fingerprint density at radius 2 is 2.33 bits per heavy atom. The first-order valence-electron chi connectivity index (χ1n) is 6.17. The third-order valence-electron chi connectivity index (χ3n) is 3.51. The SMILES string of the molecule is O=C(O)c1ccc2ncc(CNC3CCC3)n2c1. The van der Waals surface area contributed by atoms with Gasteiger partial charge >= 0.3 is 5.97 Å².